The lowest BCUT2D eigenvalue weighted by molar-refractivity contribution is 0.430. The fourth-order valence-electron chi connectivity index (χ4n) is 3.23. The van der Waals surface area contributed by atoms with Crippen LogP contribution in [0.15, 0.2) is 53.2 Å². The molecule has 2 aromatic heterocycles. The van der Waals surface area contributed by atoms with Gasteiger partial charge in [-0.15, -0.1) is 0 Å². The summed E-state index contributed by atoms with van der Waals surface area (Å²) in [4.78, 5) is 0. The molecule has 4 aromatic rings. The molecule has 4 nitrogen and oxygen atoms in total. The van der Waals surface area contributed by atoms with Gasteiger partial charge < -0.3 is 4.52 Å². The first kappa shape index (κ1) is 18.4. The zero-order valence-electron chi connectivity index (χ0n) is 15.2. The van der Waals surface area contributed by atoms with Crippen LogP contribution in [0.4, 0.5) is 8.78 Å². The summed E-state index contributed by atoms with van der Waals surface area (Å²) in [6.07, 6.45) is 1.98. The summed E-state index contributed by atoms with van der Waals surface area (Å²) in [6.45, 7) is 3.65. The van der Waals surface area contributed by atoms with E-state index in [1.807, 2.05) is 13.0 Å². The maximum absolute atomic E-state index is 15.1. The zero-order chi connectivity index (χ0) is 19.8. The van der Waals surface area contributed by atoms with Gasteiger partial charge in [-0.3, -0.25) is 0 Å². The van der Waals surface area contributed by atoms with E-state index in [0.717, 1.165) is 10.2 Å². The molecule has 28 heavy (non-hydrogen) atoms. The average Bonchev–Trinajstić information content (AvgIpc) is 3.24. The van der Waals surface area contributed by atoms with E-state index in [9.17, 15) is 4.39 Å². The van der Waals surface area contributed by atoms with Gasteiger partial charge in [-0.2, -0.15) is 9.49 Å². The Morgan fingerprint density at radius 2 is 1.89 bits per heavy atom. The minimum atomic E-state index is -0.636. The van der Waals surface area contributed by atoms with Crippen molar-refractivity contribution in [2.24, 2.45) is 0 Å². The summed E-state index contributed by atoms with van der Waals surface area (Å²) < 4.78 is 36.1. The van der Waals surface area contributed by atoms with Gasteiger partial charge in [0.2, 0.25) is 5.95 Å². The van der Waals surface area contributed by atoms with Crippen molar-refractivity contribution < 1.29 is 13.3 Å². The van der Waals surface area contributed by atoms with E-state index in [1.54, 1.807) is 37.3 Å². The average molecular weight is 400 g/mol. The van der Waals surface area contributed by atoms with Gasteiger partial charge in [-0.1, -0.05) is 47.9 Å². The molecule has 7 heteroatoms. The van der Waals surface area contributed by atoms with Crippen molar-refractivity contribution in [1.29, 1.82) is 0 Å². The third kappa shape index (κ3) is 2.90. The van der Waals surface area contributed by atoms with Crippen LogP contribution in [-0.2, 0) is 6.42 Å². The van der Waals surface area contributed by atoms with Crippen LogP contribution < -0.4 is 0 Å². The van der Waals surface area contributed by atoms with Crippen LogP contribution in [0, 0.1) is 18.7 Å². The molecule has 0 N–H and O–H groups in total. The lowest BCUT2D eigenvalue weighted by Gasteiger charge is -2.07. The molecule has 0 saturated heterocycles. The van der Waals surface area contributed by atoms with Gasteiger partial charge in [0.05, 0.1) is 22.5 Å². The molecule has 0 fully saturated rings. The van der Waals surface area contributed by atoms with Crippen LogP contribution in [0.25, 0.3) is 28.3 Å². The van der Waals surface area contributed by atoms with Crippen molar-refractivity contribution in [3.8, 4) is 28.3 Å². The molecular formula is C21H16ClF2N3O. The van der Waals surface area contributed by atoms with Gasteiger partial charge in [0.1, 0.15) is 11.5 Å². The molecule has 4 rings (SSSR count). The molecule has 0 aliphatic heterocycles. The topological polar surface area (TPSA) is 43.9 Å². The Hall–Kier alpha value is -2.99. The van der Waals surface area contributed by atoms with E-state index in [1.165, 1.54) is 12.3 Å². The highest BCUT2D eigenvalue weighted by Crippen LogP contribution is 2.36. The first-order valence-electron chi connectivity index (χ1n) is 8.75. The summed E-state index contributed by atoms with van der Waals surface area (Å²) in [5.74, 6) is -0.825. The van der Waals surface area contributed by atoms with Gasteiger partial charge in [0.15, 0.2) is 5.76 Å². The number of aryl methyl sites for hydroxylation is 1. The van der Waals surface area contributed by atoms with Crippen molar-refractivity contribution in [1.82, 2.24) is 14.9 Å². The second-order valence-corrected chi connectivity index (χ2v) is 6.73. The quantitative estimate of drug-likeness (QED) is 0.423. The second kappa shape index (κ2) is 7.20. The number of hydrogen-bond acceptors (Lipinski definition) is 3. The number of aromatic nitrogens is 3. The Kier molecular flexibility index (Phi) is 4.73. The molecule has 2 heterocycles. The molecule has 0 atom stereocenters. The smallest absolute Gasteiger partial charge is 0.227 e. The first-order chi connectivity index (χ1) is 13.5. The van der Waals surface area contributed by atoms with Crippen molar-refractivity contribution in [2.75, 3.05) is 0 Å². The van der Waals surface area contributed by atoms with E-state index < -0.39 is 11.8 Å². The third-order valence-electron chi connectivity index (χ3n) is 4.68. The van der Waals surface area contributed by atoms with E-state index >= 15 is 4.39 Å². The Morgan fingerprint density at radius 1 is 1.11 bits per heavy atom. The first-order valence-corrected chi connectivity index (χ1v) is 9.13. The maximum atomic E-state index is 15.1. The van der Waals surface area contributed by atoms with Gasteiger partial charge in [-0.05, 0) is 37.1 Å². The Bertz CT molecular complexity index is 1170. The molecule has 0 saturated carbocycles. The number of para-hydroxylation sites is 1. The van der Waals surface area contributed by atoms with Crippen LogP contribution in [0.2, 0.25) is 5.02 Å². The van der Waals surface area contributed by atoms with Gasteiger partial charge in [-0.25, -0.2) is 9.07 Å². The summed E-state index contributed by atoms with van der Waals surface area (Å²) >= 11 is 6.15. The highest BCUT2D eigenvalue weighted by molar-refractivity contribution is 6.32. The van der Waals surface area contributed by atoms with Crippen molar-refractivity contribution in [2.45, 2.75) is 20.3 Å². The van der Waals surface area contributed by atoms with Crippen LogP contribution in [0.1, 0.15) is 18.1 Å². The number of hydrogen-bond donors (Lipinski definition) is 0. The molecular weight excluding hydrogens is 384 g/mol. The monoisotopic (exact) mass is 399 g/mol. The van der Waals surface area contributed by atoms with Crippen LogP contribution in [0.5, 0.6) is 0 Å². The lowest BCUT2D eigenvalue weighted by atomic mass is 9.98. The highest BCUT2D eigenvalue weighted by Gasteiger charge is 2.25. The number of rotatable bonds is 4. The number of benzene rings is 2. The third-order valence-corrected chi connectivity index (χ3v) is 5.00. The Labute approximate surface area is 165 Å². The molecule has 0 bridgehead atoms. The standard InChI is InChI=1S/C21H16ClF2N3O/c1-3-13-7-6-9-16(23)18(13)19-12(2)20(28-26-19)14-11-25-27(21(14)24)17-10-5-4-8-15(17)22/h4-11H,3H2,1-2H3. The zero-order valence-corrected chi connectivity index (χ0v) is 16.0. The molecule has 0 unspecified atom stereocenters. The largest absolute Gasteiger partial charge is 0.355 e. The molecule has 0 spiro atoms. The summed E-state index contributed by atoms with van der Waals surface area (Å²) in [6, 6.07) is 11.7. The number of halogens is 3. The highest BCUT2D eigenvalue weighted by atomic mass is 35.5. The lowest BCUT2D eigenvalue weighted by Crippen LogP contribution is -2.00. The summed E-state index contributed by atoms with van der Waals surface area (Å²) in [7, 11) is 0. The van der Waals surface area contributed by atoms with Crippen LogP contribution in [-0.4, -0.2) is 14.9 Å². The maximum Gasteiger partial charge on any atom is 0.227 e. The van der Waals surface area contributed by atoms with E-state index in [0.29, 0.717) is 34.0 Å². The van der Waals surface area contributed by atoms with E-state index in [-0.39, 0.29) is 11.3 Å². The second-order valence-electron chi connectivity index (χ2n) is 6.33. The molecule has 0 aliphatic carbocycles. The van der Waals surface area contributed by atoms with Gasteiger partial charge in [0.25, 0.3) is 0 Å². The van der Waals surface area contributed by atoms with Crippen molar-refractivity contribution in [3.63, 3.8) is 0 Å². The fraction of sp³-hybridized carbons (Fsp3) is 0.143. The SMILES string of the molecule is CCc1cccc(F)c1-c1noc(-c2cnn(-c3ccccc3Cl)c2F)c1C. The van der Waals surface area contributed by atoms with Crippen molar-refractivity contribution >= 4 is 11.6 Å². The van der Waals surface area contributed by atoms with E-state index in [2.05, 4.69) is 10.3 Å². The molecule has 0 radical (unpaired) electrons. The molecule has 2 aromatic carbocycles. The van der Waals surface area contributed by atoms with Crippen LogP contribution >= 0.6 is 11.6 Å². The minimum absolute atomic E-state index is 0.130. The summed E-state index contributed by atoms with van der Waals surface area (Å²) in [5, 5.41) is 8.49. The predicted molar refractivity (Wildman–Crippen MR) is 104 cm³/mol. The molecule has 0 amide bonds. The van der Waals surface area contributed by atoms with Gasteiger partial charge in [0, 0.05) is 11.1 Å². The van der Waals surface area contributed by atoms with Crippen LogP contribution in [0.3, 0.4) is 0 Å². The Balaban J connectivity index is 1.83. The summed E-state index contributed by atoms with van der Waals surface area (Å²) in [5.41, 5.74) is 2.61. The molecule has 142 valence electrons. The predicted octanol–water partition coefficient (Wildman–Crippen LogP) is 6.00. The number of nitrogens with zero attached hydrogens (tertiary/aromatic N) is 3. The Morgan fingerprint density at radius 3 is 2.64 bits per heavy atom. The normalized spacial score (nSPS) is 11.2. The van der Waals surface area contributed by atoms with Crippen molar-refractivity contribution in [3.05, 3.63) is 76.6 Å². The minimum Gasteiger partial charge on any atom is -0.355 e. The fourth-order valence-corrected chi connectivity index (χ4v) is 3.44. The van der Waals surface area contributed by atoms with E-state index in [4.69, 9.17) is 16.1 Å². The van der Waals surface area contributed by atoms with Gasteiger partial charge >= 0.3 is 0 Å². The molecule has 0 aliphatic rings.